The Kier molecular flexibility index (Phi) is 18.6. The molecule has 50 heteroatoms. The summed E-state index contributed by atoms with van der Waals surface area (Å²) in [4.78, 5) is 125. The van der Waals surface area contributed by atoms with Gasteiger partial charge in [0.15, 0.2) is 69.6 Å². The molecule has 8 aromatic heterocycles. The van der Waals surface area contributed by atoms with Gasteiger partial charge in [-0.2, -0.15) is 19.9 Å². The maximum atomic E-state index is 13.7. The monoisotopic (exact) mass is 1470 g/mol. The van der Waals surface area contributed by atoms with Crippen molar-refractivity contribution in [3.63, 3.8) is 0 Å². The number of hydrogen-bond acceptors (Lipinski definition) is 34. The summed E-state index contributed by atoms with van der Waals surface area (Å²) in [5.41, 5.74) is 20.4. The molecular formula is C44H53N20O22P4S4-. The number of nitrogens with zero attached hydrogens (tertiary/aromatic N) is 12. The number of thiol groups is 1. The van der Waals surface area contributed by atoms with Gasteiger partial charge in [-0.3, -0.25) is 75.5 Å². The molecule has 6 aliphatic rings. The average Bonchev–Trinajstić information content (AvgIpc) is 1.62. The summed E-state index contributed by atoms with van der Waals surface area (Å²) >= 11 is 20.1. The van der Waals surface area contributed by atoms with Gasteiger partial charge in [-0.15, -0.1) is 0 Å². The van der Waals surface area contributed by atoms with Crippen LogP contribution in [0.25, 0.3) is 44.7 Å². The number of nitrogens with one attached hydrogen (secondary N) is 4. The predicted molar refractivity (Wildman–Crippen MR) is 334 cm³/mol. The molecule has 506 valence electrons. The van der Waals surface area contributed by atoms with Crippen molar-refractivity contribution >= 4 is 143 Å². The van der Waals surface area contributed by atoms with E-state index in [1.54, 1.807) is 13.8 Å². The molecule has 8 aromatic rings. The van der Waals surface area contributed by atoms with Crippen LogP contribution < -0.4 is 45.2 Å². The van der Waals surface area contributed by atoms with Gasteiger partial charge in [-0.1, -0.05) is 26.1 Å². The van der Waals surface area contributed by atoms with Gasteiger partial charge in [0, 0.05) is 11.8 Å². The van der Waals surface area contributed by atoms with Gasteiger partial charge >= 0.3 is 27.0 Å². The maximum Gasteiger partial charge on any atom is 0.386 e. The Morgan fingerprint density at radius 3 is 1.06 bits per heavy atom. The van der Waals surface area contributed by atoms with Gasteiger partial charge in [0.05, 0.1) is 63.9 Å². The van der Waals surface area contributed by atoms with E-state index in [9.17, 15) is 48.6 Å². The molecular weight excluding hydrogens is 1410 g/mol. The number of H-pyrrole nitrogens is 4. The molecule has 6 aliphatic heterocycles. The second-order valence-corrected chi connectivity index (χ2v) is 32.6. The van der Waals surface area contributed by atoms with Crippen molar-refractivity contribution in [3.05, 3.63) is 73.1 Å². The summed E-state index contributed by atoms with van der Waals surface area (Å²) in [6.45, 7) is -14.9. The third-order valence-corrected chi connectivity index (χ3v) is 21.8. The molecule has 4 unspecified atom stereocenters. The Bertz CT molecular complexity index is 4170. The van der Waals surface area contributed by atoms with Crippen LogP contribution in [0.4, 0.5) is 23.8 Å². The third-order valence-electron chi connectivity index (χ3n) is 15.6. The van der Waals surface area contributed by atoms with Crippen LogP contribution in [-0.2, 0) is 95.1 Å². The fraction of sp³-hybridized carbons (Fsp3) is 0.500. The first-order chi connectivity index (χ1) is 44.4. The average molecular weight is 1470 g/mol. The number of terminal acetylenes is 1. The van der Waals surface area contributed by atoms with Crippen molar-refractivity contribution in [2.45, 2.75) is 99.8 Å². The number of aromatic nitrogens is 16. The zero-order valence-corrected chi connectivity index (χ0v) is 54.7. The SMILES string of the molecule is C[C@H]1[C@H]2OP(=O)(S)OC[C@H]3O[C@@H](n4cnc5c(=O)[nH]c(N)nc54)[C@H](OP(O)(=S)OC[C@H]1O[C@H]2n1cnc2c(=O)[nH]c(N)nc21)[C@@H]3C.Nc1nc2c(ncn2[C@@H]2O[C@@H]3COP(O)(=S)O[C@@H]4[C@H](O)[C@@H](COP(O)(=S)O[C@@H]2[C@@H]3O)O[C@H]4n2cnc3c(=O)[nH]c(N)nc32)c(=O)[nH]1.[C-]#C. The molecule has 0 saturated carbocycles. The molecule has 14 rings (SSSR count). The molecule has 0 spiro atoms. The molecule has 6 fully saturated rings. The quantitative estimate of drug-likeness (QED) is 0.0390. The van der Waals surface area contributed by atoms with Crippen molar-refractivity contribution in [1.29, 1.82) is 0 Å². The molecule has 0 aliphatic carbocycles. The number of imidazole rings is 4. The van der Waals surface area contributed by atoms with Crippen molar-refractivity contribution in [2.24, 2.45) is 11.8 Å². The predicted octanol–water partition coefficient (Wildman–Crippen LogP) is -2.05. The van der Waals surface area contributed by atoms with E-state index in [1.807, 2.05) is 0 Å². The van der Waals surface area contributed by atoms with Crippen LogP contribution in [-0.4, -0.2) is 190 Å². The number of rotatable bonds is 4. The smallest absolute Gasteiger partial charge is 0.386 e. The summed E-state index contributed by atoms with van der Waals surface area (Å²) in [6, 6.07) is 0. The minimum atomic E-state index is -4.26. The van der Waals surface area contributed by atoms with E-state index in [0.717, 1.165) is 0 Å². The lowest BCUT2D eigenvalue weighted by Gasteiger charge is -2.28. The summed E-state index contributed by atoms with van der Waals surface area (Å²) in [5.74, 6) is -1.88. The lowest BCUT2D eigenvalue weighted by Crippen LogP contribution is -2.38. The van der Waals surface area contributed by atoms with Crippen LogP contribution in [0.2, 0.25) is 0 Å². The van der Waals surface area contributed by atoms with E-state index in [1.165, 1.54) is 43.6 Å². The number of anilines is 4. The lowest BCUT2D eigenvalue weighted by atomic mass is 10.0. The van der Waals surface area contributed by atoms with E-state index in [0.29, 0.717) is 0 Å². The second-order valence-electron chi connectivity index (χ2n) is 21.4. The second kappa shape index (κ2) is 25.8. The van der Waals surface area contributed by atoms with Crippen LogP contribution in [0.15, 0.2) is 44.5 Å². The zero-order valence-electron chi connectivity index (χ0n) is 47.8. The Labute approximate surface area is 543 Å². The van der Waals surface area contributed by atoms with Gasteiger partial charge in [0.1, 0.15) is 48.8 Å². The molecule has 8 bridgehead atoms. The number of aromatic amines is 4. The molecule has 17 N–H and O–H groups in total. The Morgan fingerprint density at radius 1 is 0.489 bits per heavy atom. The van der Waals surface area contributed by atoms with Crippen molar-refractivity contribution in [2.75, 3.05) is 49.4 Å². The summed E-state index contributed by atoms with van der Waals surface area (Å²) < 4.78 is 89.4. The summed E-state index contributed by atoms with van der Waals surface area (Å²) in [7, 11) is 0. The fourth-order valence-corrected chi connectivity index (χ4v) is 17.0. The molecule has 14 heterocycles. The fourth-order valence-electron chi connectivity index (χ4n) is 11.1. The first-order valence-electron chi connectivity index (χ1n) is 27.2. The standard InChI is InChI=1S/C22H28N10O10P2S2.C20H24N10O12P2S2.C2H/c1-7-9-3-37-44(36,46)42-14-8(2)10(40-20(14)32-6-26-12-16(32)28-22(24)30-18(12)34)4-38-43(35,45)41-13(7)19(39-9)31-5-25-11-15(31)27-21(23)29-17(11)33;21-19-25-13-7(15(33)27-19)23-3-29(13)17-11-9(31)5(39-17)1-37-43(35,45)41-12-10(32)6(2-38-44(36,46)42-11)40-18(12)30-4-24-8-14(30)26-20(22)28-16(8)34;1-2/h5-10,13-14,19-20H,3-4H2,1-2H3,(H,35,45)(H,36,46)(H3,23,27,29,33)(H3,24,28,30,34);3-6,9-12,17-18,31-32H,1-2H2,(H,35,45)(H,36,46)(H3,21,25,27,33)(H3,22,26,28,34);1H/q;;-1/t7-,8-,9-,10-,13-,14-,19-,20-,43?,44?;5-,6-,9-,10-,11-,12-,17-,18-,43?,44?;/m11./s1. The molecule has 0 amide bonds. The minimum Gasteiger partial charge on any atom is -0.697 e. The zero-order chi connectivity index (χ0) is 67.4. The van der Waals surface area contributed by atoms with E-state index in [2.05, 4.69) is 78.5 Å². The van der Waals surface area contributed by atoms with Crippen molar-refractivity contribution < 1.29 is 84.6 Å². The number of hydrogen-bond donors (Lipinski definition) is 14. The van der Waals surface area contributed by atoms with Crippen molar-refractivity contribution in [1.82, 2.24) is 78.1 Å². The summed E-state index contributed by atoms with van der Waals surface area (Å²) in [6.07, 6.45) is -3.12. The van der Waals surface area contributed by atoms with Gasteiger partial charge in [-0.05, 0) is 35.4 Å². The van der Waals surface area contributed by atoms with Gasteiger partial charge < -0.3 is 97.7 Å². The lowest BCUT2D eigenvalue weighted by molar-refractivity contribution is -0.0615. The van der Waals surface area contributed by atoms with Crippen molar-refractivity contribution in [3.8, 4) is 6.42 Å². The van der Waals surface area contributed by atoms with Crippen LogP contribution >= 0.6 is 39.2 Å². The number of fused-ring (bicyclic) bond motifs is 12. The molecule has 42 nitrogen and oxygen atoms in total. The maximum absolute atomic E-state index is 13.7. The van der Waals surface area contributed by atoms with E-state index >= 15 is 0 Å². The van der Waals surface area contributed by atoms with Crippen LogP contribution in [0.5, 0.6) is 0 Å². The highest BCUT2D eigenvalue weighted by Crippen LogP contribution is 2.60. The Hall–Kier alpha value is -5.99. The number of aliphatic hydroxyl groups excluding tert-OH is 2. The van der Waals surface area contributed by atoms with E-state index < -0.39 is 160 Å². The topological polar surface area (TPSA) is 587 Å². The molecule has 0 radical (unpaired) electrons. The molecule has 94 heavy (non-hydrogen) atoms. The largest absolute Gasteiger partial charge is 0.697 e. The summed E-state index contributed by atoms with van der Waals surface area (Å²) in [5, 5.41) is 22.4. The number of nitrogen functional groups attached to an aromatic ring is 4. The van der Waals surface area contributed by atoms with Gasteiger partial charge in [0.25, 0.3) is 22.2 Å². The van der Waals surface area contributed by atoms with Crippen LogP contribution in [0.3, 0.4) is 0 Å². The van der Waals surface area contributed by atoms with Gasteiger partial charge in [-0.25, -0.2) is 24.5 Å². The molecule has 6 saturated heterocycles. The number of ether oxygens (including phenoxy) is 4. The highest BCUT2D eigenvalue weighted by atomic mass is 32.7. The normalized spacial score (nSPS) is 36.4. The molecule has 20 atom stereocenters. The van der Waals surface area contributed by atoms with Crippen LogP contribution in [0.1, 0.15) is 38.8 Å². The third kappa shape index (κ3) is 13.1. The number of aliphatic hydroxyl groups is 2. The Balaban J connectivity index is 0.000000176. The van der Waals surface area contributed by atoms with Crippen LogP contribution in [0, 0.1) is 24.7 Å². The minimum absolute atomic E-state index is 0.00684. The highest BCUT2D eigenvalue weighted by molar-refractivity contribution is 8.44. The van der Waals surface area contributed by atoms with Gasteiger partial charge in [0.2, 0.25) is 23.8 Å². The van der Waals surface area contributed by atoms with E-state index in [4.69, 9.17) is 120 Å². The first kappa shape index (κ1) is 68.0. The number of nitrogens with two attached hydrogens (primary N) is 4. The Morgan fingerprint density at radius 2 is 0.745 bits per heavy atom. The molecule has 0 aromatic carbocycles. The first-order valence-corrected chi connectivity index (χ1v) is 37.7. The highest BCUT2D eigenvalue weighted by Gasteiger charge is 2.55. The van der Waals surface area contributed by atoms with E-state index in [-0.39, 0.29) is 81.7 Å².